The van der Waals surface area contributed by atoms with E-state index in [-0.39, 0.29) is 17.3 Å². The minimum absolute atomic E-state index is 0.00826. The zero-order valence-corrected chi connectivity index (χ0v) is 17.5. The van der Waals surface area contributed by atoms with Crippen LogP contribution in [0.5, 0.6) is 0 Å². The van der Waals surface area contributed by atoms with Gasteiger partial charge >= 0.3 is 0 Å². The van der Waals surface area contributed by atoms with E-state index in [0.717, 1.165) is 43.0 Å². The maximum atomic E-state index is 13.1. The van der Waals surface area contributed by atoms with Crippen molar-refractivity contribution in [3.8, 4) is 0 Å². The molecule has 5 rings (SSSR count). The van der Waals surface area contributed by atoms with Gasteiger partial charge in [-0.25, -0.2) is 0 Å². The zero-order chi connectivity index (χ0) is 20.1. The first-order valence-corrected chi connectivity index (χ1v) is 11.2. The zero-order valence-electron chi connectivity index (χ0n) is 16.8. The van der Waals surface area contributed by atoms with Crippen molar-refractivity contribution in [1.29, 1.82) is 0 Å². The molecule has 0 N–H and O–H groups in total. The van der Waals surface area contributed by atoms with Crippen LogP contribution in [0.25, 0.3) is 5.57 Å². The molecule has 2 heterocycles. The Balaban J connectivity index is 1.26. The summed E-state index contributed by atoms with van der Waals surface area (Å²) in [6.07, 6.45) is 5.89. The number of Topliss-reactive ketones (excluding diaryl/α,β-unsaturated/α-hetero) is 1. The topological polar surface area (TPSA) is 39.1 Å². The predicted octanol–water partition coefficient (Wildman–Crippen LogP) is 5.54. The number of halogens is 1. The smallest absolute Gasteiger partial charge is 0.251 e. The van der Waals surface area contributed by atoms with Crippen molar-refractivity contribution in [3.05, 3.63) is 74.2 Å². The number of rotatable bonds is 5. The van der Waals surface area contributed by atoms with Crippen LogP contribution in [-0.2, 0) is 13.0 Å². The molecule has 29 heavy (non-hydrogen) atoms. The molecule has 0 radical (unpaired) electrons. The molecule has 0 spiro atoms. The van der Waals surface area contributed by atoms with Gasteiger partial charge in [0.1, 0.15) is 0 Å². The molecule has 150 valence electrons. The van der Waals surface area contributed by atoms with E-state index in [1.165, 1.54) is 23.1 Å². The number of benzene rings is 1. The summed E-state index contributed by atoms with van der Waals surface area (Å²) in [5.74, 6) is 1.27. The minimum Gasteiger partial charge on any atom is -0.305 e. The van der Waals surface area contributed by atoms with E-state index in [1.807, 2.05) is 6.07 Å². The highest BCUT2D eigenvalue weighted by Gasteiger charge is 2.51. The number of aromatic nitrogens is 1. The first-order valence-electron chi connectivity index (χ1n) is 10.8. The molecular formula is C25H26ClNO2. The van der Waals surface area contributed by atoms with Crippen LogP contribution in [0.1, 0.15) is 60.6 Å². The SMILES string of the molecule is CC1CCC(CCCc2ccc(C3=C4CC43)c(Cl)c2)C(=O)c2cccc(=O)n2C1. The number of pyridine rings is 1. The van der Waals surface area contributed by atoms with E-state index in [0.29, 0.717) is 18.2 Å². The predicted molar refractivity (Wildman–Crippen MR) is 116 cm³/mol. The lowest BCUT2D eigenvalue weighted by molar-refractivity contribution is 0.0876. The summed E-state index contributed by atoms with van der Waals surface area (Å²) in [4.78, 5) is 25.4. The summed E-state index contributed by atoms with van der Waals surface area (Å²) >= 11 is 6.51. The van der Waals surface area contributed by atoms with Gasteiger partial charge in [0, 0.05) is 29.5 Å². The third kappa shape index (κ3) is 3.61. The second kappa shape index (κ2) is 7.28. The van der Waals surface area contributed by atoms with Crippen molar-refractivity contribution in [3.63, 3.8) is 0 Å². The number of carbonyl (C=O) groups is 1. The highest BCUT2D eigenvalue weighted by atomic mass is 35.5. The van der Waals surface area contributed by atoms with Crippen molar-refractivity contribution in [2.75, 3.05) is 0 Å². The fourth-order valence-electron chi connectivity index (χ4n) is 4.84. The molecule has 0 bridgehead atoms. The molecule has 1 aliphatic heterocycles. The normalized spacial score (nSPS) is 25.2. The first-order chi connectivity index (χ1) is 14.0. The molecular weight excluding hydrogens is 382 g/mol. The summed E-state index contributed by atoms with van der Waals surface area (Å²) in [5, 5.41) is 0.862. The van der Waals surface area contributed by atoms with Crippen molar-refractivity contribution in [2.45, 2.75) is 52.0 Å². The quantitative estimate of drug-likeness (QED) is 0.652. The van der Waals surface area contributed by atoms with Crippen LogP contribution in [0.15, 0.2) is 46.8 Å². The molecule has 3 aliphatic rings. The number of ketones is 1. The van der Waals surface area contributed by atoms with Gasteiger partial charge in [-0.15, -0.1) is 0 Å². The fourth-order valence-corrected chi connectivity index (χ4v) is 5.14. The van der Waals surface area contributed by atoms with Crippen molar-refractivity contribution in [1.82, 2.24) is 4.57 Å². The maximum absolute atomic E-state index is 13.1. The molecule has 0 amide bonds. The van der Waals surface area contributed by atoms with Gasteiger partial charge in [0.15, 0.2) is 5.78 Å². The standard InChI is InChI=1S/C25H26ClNO2/c1-15-8-10-17(25(29)22-6-3-7-23(28)27(22)14-15)5-2-4-16-9-11-18(21(26)12-16)24-19-13-20(19)24/h3,6-7,9,11-12,15,17,19H,2,4-5,8,10,13-14H2,1H3. The van der Waals surface area contributed by atoms with Crippen molar-refractivity contribution in [2.24, 2.45) is 17.8 Å². The number of allylic oxidation sites excluding steroid dienone is 2. The van der Waals surface area contributed by atoms with Crippen LogP contribution in [0, 0.1) is 17.8 Å². The molecule has 1 aromatic carbocycles. The Morgan fingerprint density at radius 3 is 2.69 bits per heavy atom. The lowest BCUT2D eigenvalue weighted by atomic mass is 9.85. The maximum Gasteiger partial charge on any atom is 0.251 e. The Labute approximate surface area is 176 Å². The van der Waals surface area contributed by atoms with Crippen LogP contribution < -0.4 is 5.56 Å². The van der Waals surface area contributed by atoms with Gasteiger partial charge in [-0.1, -0.05) is 42.3 Å². The third-order valence-electron chi connectivity index (χ3n) is 6.81. The number of hydrogen-bond donors (Lipinski definition) is 0. The molecule has 1 saturated carbocycles. The average molecular weight is 408 g/mol. The number of carbonyl (C=O) groups excluding carboxylic acids is 1. The Hall–Kier alpha value is -2.13. The van der Waals surface area contributed by atoms with E-state index in [4.69, 9.17) is 11.6 Å². The summed E-state index contributed by atoms with van der Waals surface area (Å²) in [7, 11) is 0. The number of fused-ring (bicyclic) bond motifs is 2. The van der Waals surface area contributed by atoms with Gasteiger partial charge in [-0.05, 0) is 73.3 Å². The van der Waals surface area contributed by atoms with Gasteiger partial charge in [-0.3, -0.25) is 9.59 Å². The number of nitrogens with zero attached hydrogens (tertiary/aromatic N) is 1. The second-order valence-electron chi connectivity index (χ2n) is 9.01. The summed E-state index contributed by atoms with van der Waals surface area (Å²) in [5.41, 5.74) is 6.04. The molecule has 3 unspecified atom stereocenters. The number of aryl methyl sites for hydroxylation is 1. The van der Waals surface area contributed by atoms with Crippen LogP contribution in [-0.4, -0.2) is 10.4 Å². The molecule has 4 heteroatoms. The number of hydrogen-bond acceptors (Lipinski definition) is 2. The highest BCUT2D eigenvalue weighted by Crippen LogP contribution is 2.67. The van der Waals surface area contributed by atoms with E-state index in [9.17, 15) is 9.59 Å². The molecule has 3 nitrogen and oxygen atoms in total. The lowest BCUT2D eigenvalue weighted by Gasteiger charge is -2.25. The fraction of sp³-hybridized carbons (Fsp3) is 0.440. The van der Waals surface area contributed by atoms with Crippen LogP contribution in [0.2, 0.25) is 5.02 Å². The molecule has 1 aromatic heterocycles. The molecule has 1 fully saturated rings. The van der Waals surface area contributed by atoms with Gasteiger partial charge in [0.2, 0.25) is 0 Å². The van der Waals surface area contributed by atoms with Crippen LogP contribution >= 0.6 is 11.6 Å². The van der Waals surface area contributed by atoms with Gasteiger partial charge in [-0.2, -0.15) is 0 Å². The third-order valence-corrected chi connectivity index (χ3v) is 7.13. The molecule has 2 aromatic rings. The van der Waals surface area contributed by atoms with E-state index >= 15 is 0 Å². The Bertz CT molecular complexity index is 1080. The Morgan fingerprint density at radius 1 is 1.14 bits per heavy atom. The summed E-state index contributed by atoms with van der Waals surface area (Å²) in [6, 6.07) is 11.5. The Morgan fingerprint density at radius 2 is 1.97 bits per heavy atom. The van der Waals surface area contributed by atoms with Crippen LogP contribution in [0.3, 0.4) is 0 Å². The van der Waals surface area contributed by atoms with Crippen molar-refractivity contribution >= 4 is 23.0 Å². The molecule has 0 saturated heterocycles. The second-order valence-corrected chi connectivity index (χ2v) is 9.41. The van der Waals surface area contributed by atoms with Gasteiger partial charge in [0.25, 0.3) is 5.56 Å². The molecule has 2 aliphatic carbocycles. The van der Waals surface area contributed by atoms with E-state index in [1.54, 1.807) is 22.3 Å². The summed E-state index contributed by atoms with van der Waals surface area (Å²) in [6.45, 7) is 2.80. The van der Waals surface area contributed by atoms with E-state index < -0.39 is 0 Å². The van der Waals surface area contributed by atoms with Crippen molar-refractivity contribution < 1.29 is 4.79 Å². The monoisotopic (exact) mass is 407 g/mol. The Kier molecular flexibility index (Phi) is 4.74. The van der Waals surface area contributed by atoms with Gasteiger partial charge in [0.05, 0.1) is 5.69 Å². The summed E-state index contributed by atoms with van der Waals surface area (Å²) < 4.78 is 1.68. The first kappa shape index (κ1) is 18.9. The minimum atomic E-state index is -0.0672. The van der Waals surface area contributed by atoms with Crippen LogP contribution in [0.4, 0.5) is 0 Å². The molecule has 3 atom stereocenters. The largest absolute Gasteiger partial charge is 0.305 e. The average Bonchev–Trinajstić information content (AvgIpc) is 3.59. The highest BCUT2D eigenvalue weighted by molar-refractivity contribution is 6.33. The van der Waals surface area contributed by atoms with Gasteiger partial charge < -0.3 is 4.57 Å². The van der Waals surface area contributed by atoms with E-state index in [2.05, 4.69) is 25.1 Å². The lowest BCUT2D eigenvalue weighted by Crippen LogP contribution is -2.32.